The largest absolute Gasteiger partial charge is 0.493 e. The van der Waals surface area contributed by atoms with Gasteiger partial charge in [0, 0.05) is 16.0 Å². The summed E-state index contributed by atoms with van der Waals surface area (Å²) in [5.41, 5.74) is 1.08. The minimum absolute atomic E-state index is 0.0363. The Morgan fingerprint density at radius 2 is 2.00 bits per heavy atom. The summed E-state index contributed by atoms with van der Waals surface area (Å²) >= 11 is 5.24. The lowest BCUT2D eigenvalue weighted by atomic mass is 10.1. The van der Waals surface area contributed by atoms with Crippen molar-refractivity contribution in [1.82, 2.24) is 10.3 Å². The Hall–Kier alpha value is -1.11. The number of rotatable bonds is 6. The van der Waals surface area contributed by atoms with Gasteiger partial charge in [-0.25, -0.2) is 4.98 Å². The summed E-state index contributed by atoms with van der Waals surface area (Å²) in [6, 6.07) is 3.94. The predicted octanol–water partition coefficient (Wildman–Crippen LogP) is 3.62. The van der Waals surface area contributed by atoms with Gasteiger partial charge in [0.15, 0.2) is 11.5 Å². The van der Waals surface area contributed by atoms with Gasteiger partial charge in [0.2, 0.25) is 0 Å². The Kier molecular flexibility index (Phi) is 5.39. The van der Waals surface area contributed by atoms with E-state index in [4.69, 9.17) is 9.47 Å². The van der Waals surface area contributed by atoms with E-state index < -0.39 is 0 Å². The lowest BCUT2D eigenvalue weighted by Crippen LogP contribution is -2.22. The molecule has 2 rings (SSSR count). The molecule has 0 aliphatic rings. The topological polar surface area (TPSA) is 43.4 Å². The smallest absolute Gasteiger partial charge is 0.161 e. The lowest BCUT2D eigenvalue weighted by molar-refractivity contribution is 0.354. The number of nitrogens with zero attached hydrogens (tertiary/aromatic N) is 1. The average molecular weight is 357 g/mol. The quantitative estimate of drug-likeness (QED) is 0.858. The van der Waals surface area contributed by atoms with Crippen molar-refractivity contribution >= 4 is 27.3 Å². The molecule has 0 spiro atoms. The normalized spacial score (nSPS) is 12.2. The number of hydrogen-bond donors (Lipinski definition) is 1. The van der Waals surface area contributed by atoms with Crippen molar-refractivity contribution in [3.05, 3.63) is 38.8 Å². The Morgan fingerprint density at radius 1 is 1.30 bits per heavy atom. The van der Waals surface area contributed by atoms with Crippen LogP contribution in [0.1, 0.15) is 23.5 Å². The first-order chi connectivity index (χ1) is 9.71. The third-order valence-corrected chi connectivity index (χ3v) is 4.45. The van der Waals surface area contributed by atoms with Crippen LogP contribution in [0.5, 0.6) is 11.5 Å². The second kappa shape index (κ2) is 7.06. The third kappa shape index (κ3) is 3.13. The minimum atomic E-state index is 0.0363. The van der Waals surface area contributed by atoms with E-state index in [0.29, 0.717) is 11.5 Å². The first-order valence-corrected chi connectivity index (χ1v) is 7.92. The highest BCUT2D eigenvalue weighted by Crippen LogP contribution is 2.38. The molecule has 0 amide bonds. The highest BCUT2D eigenvalue weighted by Gasteiger charge is 2.21. The molecule has 0 fully saturated rings. The van der Waals surface area contributed by atoms with Gasteiger partial charge in [0.05, 0.1) is 20.3 Å². The van der Waals surface area contributed by atoms with Gasteiger partial charge >= 0.3 is 0 Å². The summed E-state index contributed by atoms with van der Waals surface area (Å²) in [6.45, 7) is 2.93. The van der Waals surface area contributed by atoms with Crippen LogP contribution in [0.3, 0.4) is 0 Å². The Morgan fingerprint density at radius 3 is 2.55 bits per heavy atom. The number of thiazole rings is 1. The van der Waals surface area contributed by atoms with Crippen LogP contribution in [0.15, 0.2) is 28.2 Å². The molecule has 0 radical (unpaired) electrons. The van der Waals surface area contributed by atoms with Crippen molar-refractivity contribution in [2.45, 2.75) is 13.0 Å². The first kappa shape index (κ1) is 15.3. The van der Waals surface area contributed by atoms with Crippen LogP contribution < -0.4 is 14.8 Å². The fourth-order valence-corrected chi connectivity index (χ4v) is 3.28. The second-order valence-electron chi connectivity index (χ2n) is 4.09. The summed E-state index contributed by atoms with van der Waals surface area (Å²) in [5.74, 6) is 1.42. The van der Waals surface area contributed by atoms with Gasteiger partial charge in [0.1, 0.15) is 5.01 Å². The first-order valence-electron chi connectivity index (χ1n) is 6.25. The van der Waals surface area contributed by atoms with Crippen LogP contribution in [0.4, 0.5) is 0 Å². The van der Waals surface area contributed by atoms with Crippen molar-refractivity contribution in [3.63, 3.8) is 0 Å². The maximum absolute atomic E-state index is 5.39. The molecule has 0 bridgehead atoms. The van der Waals surface area contributed by atoms with E-state index >= 15 is 0 Å². The molecule has 0 saturated carbocycles. The summed E-state index contributed by atoms with van der Waals surface area (Å²) in [6.07, 6.45) is 1.82. The van der Waals surface area contributed by atoms with Crippen LogP contribution in [-0.4, -0.2) is 25.7 Å². The standard InChI is InChI=1S/C14H17BrN2O2S/c1-4-16-13(14-17-5-6-20-14)9-7-11(18-2)12(19-3)8-10(9)15/h5-8,13,16H,4H2,1-3H3. The zero-order chi connectivity index (χ0) is 14.5. The van der Waals surface area contributed by atoms with E-state index in [1.165, 1.54) is 0 Å². The molecular weight excluding hydrogens is 340 g/mol. The summed E-state index contributed by atoms with van der Waals surface area (Å²) in [5, 5.41) is 6.46. The number of methoxy groups -OCH3 is 2. The molecule has 1 aromatic carbocycles. The molecule has 1 heterocycles. The molecule has 1 aromatic heterocycles. The van der Waals surface area contributed by atoms with Crippen molar-refractivity contribution in [2.75, 3.05) is 20.8 Å². The number of aromatic nitrogens is 1. The number of hydrogen-bond acceptors (Lipinski definition) is 5. The molecule has 1 N–H and O–H groups in total. The van der Waals surface area contributed by atoms with Gasteiger partial charge in [-0.1, -0.05) is 22.9 Å². The van der Waals surface area contributed by atoms with E-state index in [0.717, 1.165) is 21.6 Å². The lowest BCUT2D eigenvalue weighted by Gasteiger charge is -2.19. The molecule has 0 saturated heterocycles. The molecule has 108 valence electrons. The monoisotopic (exact) mass is 356 g/mol. The number of benzene rings is 1. The fraction of sp³-hybridized carbons (Fsp3) is 0.357. The Balaban J connectivity index is 2.48. The van der Waals surface area contributed by atoms with Gasteiger partial charge in [-0.3, -0.25) is 0 Å². The second-order valence-corrected chi connectivity index (χ2v) is 5.87. The van der Waals surface area contributed by atoms with E-state index in [1.54, 1.807) is 25.6 Å². The Bertz CT molecular complexity index is 561. The SMILES string of the molecule is CCNC(c1nccs1)c1cc(OC)c(OC)cc1Br. The minimum Gasteiger partial charge on any atom is -0.493 e. The fourth-order valence-electron chi connectivity index (χ4n) is 2.00. The van der Waals surface area contributed by atoms with E-state index in [-0.39, 0.29) is 6.04 Å². The zero-order valence-corrected chi connectivity index (χ0v) is 14.0. The summed E-state index contributed by atoms with van der Waals surface area (Å²) < 4.78 is 11.7. The van der Waals surface area contributed by atoms with Gasteiger partial charge in [0.25, 0.3) is 0 Å². The zero-order valence-electron chi connectivity index (χ0n) is 11.6. The van der Waals surface area contributed by atoms with Crippen molar-refractivity contribution in [1.29, 1.82) is 0 Å². The highest BCUT2D eigenvalue weighted by molar-refractivity contribution is 9.10. The number of halogens is 1. The van der Waals surface area contributed by atoms with Crippen molar-refractivity contribution < 1.29 is 9.47 Å². The molecule has 0 aliphatic carbocycles. The molecule has 1 atom stereocenters. The van der Waals surface area contributed by atoms with Gasteiger partial charge in [-0.2, -0.15) is 0 Å². The summed E-state index contributed by atoms with van der Waals surface area (Å²) in [4.78, 5) is 4.41. The molecule has 4 nitrogen and oxygen atoms in total. The predicted molar refractivity (Wildman–Crippen MR) is 84.9 cm³/mol. The van der Waals surface area contributed by atoms with Crippen LogP contribution in [-0.2, 0) is 0 Å². The molecule has 6 heteroatoms. The van der Waals surface area contributed by atoms with E-state index in [1.807, 2.05) is 23.7 Å². The van der Waals surface area contributed by atoms with Gasteiger partial charge in [-0.05, 0) is 24.2 Å². The van der Waals surface area contributed by atoms with Crippen LogP contribution >= 0.6 is 27.3 Å². The third-order valence-electron chi connectivity index (χ3n) is 2.92. The highest BCUT2D eigenvalue weighted by atomic mass is 79.9. The van der Waals surface area contributed by atoms with E-state index in [2.05, 4.69) is 33.2 Å². The van der Waals surface area contributed by atoms with Crippen LogP contribution in [0.2, 0.25) is 0 Å². The van der Waals surface area contributed by atoms with Gasteiger partial charge < -0.3 is 14.8 Å². The molecule has 2 aromatic rings. The number of ether oxygens (including phenoxy) is 2. The van der Waals surface area contributed by atoms with Crippen molar-refractivity contribution in [3.8, 4) is 11.5 Å². The maximum Gasteiger partial charge on any atom is 0.161 e. The Labute approximate surface area is 131 Å². The van der Waals surface area contributed by atoms with Crippen molar-refractivity contribution in [2.24, 2.45) is 0 Å². The molecular formula is C14H17BrN2O2S. The van der Waals surface area contributed by atoms with Crippen LogP contribution in [0.25, 0.3) is 0 Å². The van der Waals surface area contributed by atoms with E-state index in [9.17, 15) is 0 Å². The molecule has 20 heavy (non-hydrogen) atoms. The molecule has 1 unspecified atom stereocenters. The summed E-state index contributed by atoms with van der Waals surface area (Å²) in [7, 11) is 3.27. The number of nitrogens with one attached hydrogen (secondary N) is 1. The van der Waals surface area contributed by atoms with Crippen LogP contribution in [0, 0.1) is 0 Å². The van der Waals surface area contributed by atoms with Gasteiger partial charge in [-0.15, -0.1) is 11.3 Å². The molecule has 0 aliphatic heterocycles. The average Bonchev–Trinajstić information content (AvgIpc) is 2.98. The maximum atomic E-state index is 5.39.